The van der Waals surface area contributed by atoms with Crippen molar-refractivity contribution in [2.45, 2.75) is 19.9 Å². The van der Waals surface area contributed by atoms with Gasteiger partial charge in [0.25, 0.3) is 0 Å². The lowest BCUT2D eigenvalue weighted by atomic mass is 10.4. The number of hydrogen-bond donors (Lipinski definition) is 2. The number of rotatable bonds is 4. The molecule has 0 aromatic carbocycles. The van der Waals surface area contributed by atoms with Crippen molar-refractivity contribution in [3.63, 3.8) is 0 Å². The Labute approximate surface area is 105 Å². The van der Waals surface area contributed by atoms with Crippen LogP contribution in [0.4, 0.5) is 5.13 Å². The summed E-state index contributed by atoms with van der Waals surface area (Å²) in [6.45, 7) is 6.25. The SMILES string of the molecule is CCNCc1cnc(N2CCNC(=O)CC2)s1. The summed E-state index contributed by atoms with van der Waals surface area (Å²) in [6, 6.07) is 0. The molecule has 2 heterocycles. The predicted molar refractivity (Wildman–Crippen MR) is 69.3 cm³/mol. The number of amides is 1. The van der Waals surface area contributed by atoms with Gasteiger partial charge in [-0.15, -0.1) is 11.3 Å². The molecule has 2 rings (SSSR count). The second kappa shape index (κ2) is 5.97. The molecular weight excluding hydrogens is 236 g/mol. The Kier molecular flexibility index (Phi) is 4.33. The van der Waals surface area contributed by atoms with E-state index in [-0.39, 0.29) is 5.91 Å². The Bertz CT molecular complexity index is 379. The van der Waals surface area contributed by atoms with Crippen molar-refractivity contribution in [1.29, 1.82) is 0 Å². The molecule has 0 saturated carbocycles. The standard InChI is InChI=1S/C11H18N4OS/c1-2-12-7-9-8-14-11(17-9)15-5-3-10(16)13-4-6-15/h8,12H,2-7H2,1H3,(H,13,16). The first-order valence-electron chi connectivity index (χ1n) is 5.96. The molecule has 1 aliphatic rings. The van der Waals surface area contributed by atoms with Gasteiger partial charge in [-0.25, -0.2) is 4.98 Å². The average Bonchev–Trinajstić information content (AvgIpc) is 2.69. The number of hydrogen-bond acceptors (Lipinski definition) is 5. The van der Waals surface area contributed by atoms with Crippen LogP contribution in [-0.4, -0.2) is 37.1 Å². The zero-order valence-electron chi connectivity index (χ0n) is 10.0. The zero-order chi connectivity index (χ0) is 12.1. The van der Waals surface area contributed by atoms with Crippen molar-refractivity contribution in [3.8, 4) is 0 Å². The second-order valence-electron chi connectivity index (χ2n) is 3.98. The van der Waals surface area contributed by atoms with Crippen LogP contribution in [0.1, 0.15) is 18.2 Å². The summed E-state index contributed by atoms with van der Waals surface area (Å²) < 4.78 is 0. The number of thiazole rings is 1. The van der Waals surface area contributed by atoms with Crippen LogP contribution in [-0.2, 0) is 11.3 Å². The summed E-state index contributed by atoms with van der Waals surface area (Å²) in [4.78, 5) is 19.1. The monoisotopic (exact) mass is 254 g/mol. The van der Waals surface area contributed by atoms with Gasteiger partial charge in [-0.3, -0.25) is 4.79 Å². The maximum Gasteiger partial charge on any atom is 0.221 e. The fourth-order valence-corrected chi connectivity index (χ4v) is 2.66. The lowest BCUT2D eigenvalue weighted by Gasteiger charge is -2.17. The molecule has 0 radical (unpaired) electrons. The molecule has 1 amide bonds. The van der Waals surface area contributed by atoms with Crippen molar-refractivity contribution in [2.75, 3.05) is 31.1 Å². The average molecular weight is 254 g/mol. The Morgan fingerprint density at radius 3 is 3.29 bits per heavy atom. The van der Waals surface area contributed by atoms with Crippen LogP contribution in [0.5, 0.6) is 0 Å². The predicted octanol–water partition coefficient (Wildman–Crippen LogP) is 0.579. The molecule has 0 spiro atoms. The Morgan fingerprint density at radius 2 is 2.47 bits per heavy atom. The third-order valence-corrected chi connectivity index (χ3v) is 3.73. The molecule has 17 heavy (non-hydrogen) atoms. The summed E-state index contributed by atoms with van der Waals surface area (Å²) in [6.07, 6.45) is 2.48. The van der Waals surface area contributed by atoms with Crippen LogP contribution < -0.4 is 15.5 Å². The van der Waals surface area contributed by atoms with Gasteiger partial charge in [-0.05, 0) is 6.54 Å². The zero-order valence-corrected chi connectivity index (χ0v) is 10.8. The van der Waals surface area contributed by atoms with E-state index < -0.39 is 0 Å². The van der Waals surface area contributed by atoms with Crippen LogP contribution in [0.15, 0.2) is 6.20 Å². The number of aromatic nitrogens is 1. The van der Waals surface area contributed by atoms with Gasteiger partial charge in [0.15, 0.2) is 5.13 Å². The lowest BCUT2D eigenvalue weighted by Crippen LogP contribution is -2.28. The molecular formula is C11H18N4OS. The number of nitrogens with zero attached hydrogens (tertiary/aromatic N) is 2. The molecule has 1 aliphatic heterocycles. The van der Waals surface area contributed by atoms with Crippen molar-refractivity contribution in [3.05, 3.63) is 11.1 Å². The molecule has 5 nitrogen and oxygen atoms in total. The molecule has 2 N–H and O–H groups in total. The Hall–Kier alpha value is -1.14. The highest BCUT2D eigenvalue weighted by atomic mass is 32.1. The molecule has 1 saturated heterocycles. The molecule has 1 aromatic heterocycles. The van der Waals surface area contributed by atoms with E-state index in [1.807, 2.05) is 6.20 Å². The van der Waals surface area contributed by atoms with Gasteiger partial charge in [0.05, 0.1) is 0 Å². The molecule has 0 aliphatic carbocycles. The van der Waals surface area contributed by atoms with E-state index >= 15 is 0 Å². The summed E-state index contributed by atoms with van der Waals surface area (Å²) in [7, 11) is 0. The van der Waals surface area contributed by atoms with Crippen molar-refractivity contribution in [2.24, 2.45) is 0 Å². The topological polar surface area (TPSA) is 57.3 Å². The van der Waals surface area contributed by atoms with Gasteiger partial charge >= 0.3 is 0 Å². The third-order valence-electron chi connectivity index (χ3n) is 2.67. The normalized spacial score (nSPS) is 16.8. The van der Waals surface area contributed by atoms with Crippen LogP contribution >= 0.6 is 11.3 Å². The summed E-state index contributed by atoms with van der Waals surface area (Å²) in [5.41, 5.74) is 0. The van der Waals surface area contributed by atoms with Gasteiger partial charge in [0, 0.05) is 43.7 Å². The number of anilines is 1. The van der Waals surface area contributed by atoms with E-state index in [9.17, 15) is 4.79 Å². The summed E-state index contributed by atoms with van der Waals surface area (Å²) >= 11 is 1.70. The van der Waals surface area contributed by atoms with Crippen LogP contribution in [0.3, 0.4) is 0 Å². The van der Waals surface area contributed by atoms with Crippen LogP contribution in [0, 0.1) is 0 Å². The Morgan fingerprint density at radius 1 is 1.59 bits per heavy atom. The first-order valence-corrected chi connectivity index (χ1v) is 6.78. The van der Waals surface area contributed by atoms with E-state index in [0.29, 0.717) is 13.0 Å². The van der Waals surface area contributed by atoms with Gasteiger partial charge in [-0.2, -0.15) is 0 Å². The summed E-state index contributed by atoms with van der Waals surface area (Å²) in [5, 5.41) is 7.18. The highest BCUT2D eigenvalue weighted by molar-refractivity contribution is 7.15. The molecule has 0 bridgehead atoms. The maximum absolute atomic E-state index is 11.2. The van der Waals surface area contributed by atoms with E-state index in [1.54, 1.807) is 11.3 Å². The fourth-order valence-electron chi connectivity index (χ4n) is 1.73. The quantitative estimate of drug-likeness (QED) is 0.825. The van der Waals surface area contributed by atoms with Crippen molar-refractivity contribution < 1.29 is 4.79 Å². The van der Waals surface area contributed by atoms with E-state index in [4.69, 9.17) is 0 Å². The smallest absolute Gasteiger partial charge is 0.221 e. The van der Waals surface area contributed by atoms with E-state index in [2.05, 4.69) is 27.4 Å². The van der Waals surface area contributed by atoms with E-state index in [1.165, 1.54) is 4.88 Å². The number of carbonyl (C=O) groups excluding carboxylic acids is 1. The lowest BCUT2D eigenvalue weighted by molar-refractivity contribution is -0.120. The molecule has 94 valence electrons. The number of carbonyl (C=O) groups is 1. The largest absolute Gasteiger partial charge is 0.354 e. The highest BCUT2D eigenvalue weighted by Gasteiger charge is 2.16. The molecule has 6 heteroatoms. The van der Waals surface area contributed by atoms with Gasteiger partial charge in [-0.1, -0.05) is 6.92 Å². The molecule has 1 fully saturated rings. The number of nitrogens with one attached hydrogen (secondary N) is 2. The first-order chi connectivity index (χ1) is 8.29. The minimum absolute atomic E-state index is 0.136. The fraction of sp³-hybridized carbons (Fsp3) is 0.636. The molecule has 1 aromatic rings. The first kappa shape index (κ1) is 12.3. The second-order valence-corrected chi connectivity index (χ2v) is 5.07. The minimum atomic E-state index is 0.136. The van der Waals surface area contributed by atoms with Gasteiger partial charge in [0.1, 0.15) is 0 Å². The van der Waals surface area contributed by atoms with Gasteiger partial charge in [0.2, 0.25) is 5.91 Å². The van der Waals surface area contributed by atoms with Crippen molar-refractivity contribution >= 4 is 22.4 Å². The maximum atomic E-state index is 11.2. The van der Waals surface area contributed by atoms with Crippen LogP contribution in [0.25, 0.3) is 0 Å². The van der Waals surface area contributed by atoms with Crippen LogP contribution in [0.2, 0.25) is 0 Å². The molecule has 0 atom stereocenters. The van der Waals surface area contributed by atoms with Crippen molar-refractivity contribution in [1.82, 2.24) is 15.6 Å². The van der Waals surface area contributed by atoms with Gasteiger partial charge < -0.3 is 15.5 Å². The third kappa shape index (κ3) is 3.41. The summed E-state index contributed by atoms with van der Waals surface area (Å²) in [5.74, 6) is 0.136. The van der Waals surface area contributed by atoms with E-state index in [0.717, 1.165) is 31.3 Å². The minimum Gasteiger partial charge on any atom is -0.354 e. The molecule has 0 unspecified atom stereocenters. The highest BCUT2D eigenvalue weighted by Crippen LogP contribution is 2.22. The Balaban J connectivity index is 1.96.